The monoisotopic (exact) mass is 358 g/mol. The lowest BCUT2D eigenvalue weighted by Crippen LogP contribution is -2.34. The standard InChI is InChI=1S/C14H19BrN2O4/c1-14(2,3)21-13(20)16-7-6-12(19)17-10-5-4-9(15)8-11(10)18/h4-5,8,18H,6-7H2,1-3H3,(H,16,20)(H,17,19). The van der Waals surface area contributed by atoms with Crippen molar-refractivity contribution in [2.24, 2.45) is 0 Å². The predicted octanol–water partition coefficient (Wildman–Crippen LogP) is 3.01. The molecule has 2 amide bonds. The third-order valence-electron chi connectivity index (χ3n) is 2.25. The Morgan fingerprint density at radius 3 is 2.57 bits per heavy atom. The molecular formula is C14H19BrN2O4. The van der Waals surface area contributed by atoms with Crippen LogP contribution in [0, 0.1) is 0 Å². The molecule has 0 aliphatic heterocycles. The molecule has 0 radical (unpaired) electrons. The van der Waals surface area contributed by atoms with E-state index in [2.05, 4.69) is 26.6 Å². The van der Waals surface area contributed by atoms with Crippen LogP contribution in [0.3, 0.4) is 0 Å². The summed E-state index contributed by atoms with van der Waals surface area (Å²) < 4.78 is 5.76. The Morgan fingerprint density at radius 2 is 2.00 bits per heavy atom. The van der Waals surface area contributed by atoms with Crippen molar-refractivity contribution < 1.29 is 19.4 Å². The Hall–Kier alpha value is -1.76. The van der Waals surface area contributed by atoms with E-state index in [-0.39, 0.29) is 24.6 Å². The SMILES string of the molecule is CC(C)(C)OC(=O)NCCC(=O)Nc1ccc(Br)cc1O. The van der Waals surface area contributed by atoms with Crippen LogP contribution < -0.4 is 10.6 Å². The van der Waals surface area contributed by atoms with Crippen LogP contribution in [-0.4, -0.2) is 29.3 Å². The van der Waals surface area contributed by atoms with Gasteiger partial charge in [-0.1, -0.05) is 15.9 Å². The van der Waals surface area contributed by atoms with Gasteiger partial charge in [0.2, 0.25) is 5.91 Å². The van der Waals surface area contributed by atoms with Crippen LogP contribution in [0.15, 0.2) is 22.7 Å². The van der Waals surface area contributed by atoms with Crippen molar-refractivity contribution >= 4 is 33.6 Å². The maximum absolute atomic E-state index is 11.7. The molecule has 0 saturated carbocycles. The lowest BCUT2D eigenvalue weighted by atomic mass is 10.2. The lowest BCUT2D eigenvalue weighted by molar-refractivity contribution is -0.116. The van der Waals surface area contributed by atoms with E-state index in [1.165, 1.54) is 6.07 Å². The highest BCUT2D eigenvalue weighted by molar-refractivity contribution is 9.10. The molecule has 0 saturated heterocycles. The number of anilines is 1. The zero-order chi connectivity index (χ0) is 16.0. The van der Waals surface area contributed by atoms with Gasteiger partial charge in [0.05, 0.1) is 5.69 Å². The molecule has 0 heterocycles. The molecule has 1 rings (SSSR count). The minimum absolute atomic E-state index is 0.0298. The third-order valence-corrected chi connectivity index (χ3v) is 2.75. The molecule has 1 aromatic carbocycles. The highest BCUT2D eigenvalue weighted by atomic mass is 79.9. The zero-order valence-corrected chi connectivity index (χ0v) is 13.8. The van der Waals surface area contributed by atoms with Gasteiger partial charge in [-0.3, -0.25) is 4.79 Å². The first-order valence-corrected chi connectivity index (χ1v) is 7.22. The van der Waals surface area contributed by atoms with Crippen LogP contribution in [-0.2, 0) is 9.53 Å². The number of hydrogen-bond acceptors (Lipinski definition) is 4. The molecule has 0 aliphatic carbocycles. The summed E-state index contributed by atoms with van der Waals surface area (Å²) in [5.74, 6) is -0.346. The normalized spacial score (nSPS) is 10.9. The Balaban J connectivity index is 2.36. The molecule has 3 N–H and O–H groups in total. The second kappa shape index (κ2) is 7.31. The van der Waals surface area contributed by atoms with Gasteiger partial charge in [-0.15, -0.1) is 0 Å². The molecule has 7 heteroatoms. The second-order valence-corrected chi connectivity index (χ2v) is 6.30. The number of ether oxygens (including phenoxy) is 1. The van der Waals surface area contributed by atoms with Crippen molar-refractivity contribution in [3.8, 4) is 5.75 Å². The molecule has 0 aromatic heterocycles. The third kappa shape index (κ3) is 6.99. The number of hydrogen-bond donors (Lipinski definition) is 3. The fourth-order valence-corrected chi connectivity index (χ4v) is 1.76. The highest BCUT2D eigenvalue weighted by Crippen LogP contribution is 2.26. The molecule has 0 atom stereocenters. The first kappa shape index (κ1) is 17.3. The molecule has 0 fully saturated rings. The van der Waals surface area contributed by atoms with E-state index in [0.717, 1.165) is 0 Å². The number of benzene rings is 1. The van der Waals surface area contributed by atoms with Crippen molar-refractivity contribution in [2.75, 3.05) is 11.9 Å². The number of alkyl carbamates (subject to hydrolysis) is 1. The fourth-order valence-electron chi connectivity index (χ4n) is 1.42. The topological polar surface area (TPSA) is 87.7 Å². The summed E-state index contributed by atoms with van der Waals surface area (Å²) in [6.45, 7) is 5.43. The highest BCUT2D eigenvalue weighted by Gasteiger charge is 2.16. The number of carbonyl (C=O) groups is 2. The first-order chi connectivity index (χ1) is 9.67. The van der Waals surface area contributed by atoms with Gasteiger partial charge in [0.1, 0.15) is 11.4 Å². The van der Waals surface area contributed by atoms with E-state index in [1.807, 2.05) is 0 Å². The fraction of sp³-hybridized carbons (Fsp3) is 0.429. The number of phenols is 1. The van der Waals surface area contributed by atoms with E-state index < -0.39 is 11.7 Å². The summed E-state index contributed by atoms with van der Waals surface area (Å²) in [5, 5.41) is 14.7. The molecular weight excluding hydrogens is 340 g/mol. The van der Waals surface area contributed by atoms with Crippen LogP contribution >= 0.6 is 15.9 Å². The molecule has 0 spiro atoms. The molecule has 1 aromatic rings. The predicted molar refractivity (Wildman–Crippen MR) is 83.3 cm³/mol. The Kier molecular flexibility index (Phi) is 6.02. The van der Waals surface area contributed by atoms with Gasteiger partial charge in [0, 0.05) is 17.4 Å². The summed E-state index contributed by atoms with van der Waals surface area (Å²) in [7, 11) is 0. The van der Waals surface area contributed by atoms with Gasteiger partial charge >= 0.3 is 6.09 Å². The molecule has 0 aliphatic rings. The van der Waals surface area contributed by atoms with E-state index in [1.54, 1.807) is 32.9 Å². The van der Waals surface area contributed by atoms with E-state index in [9.17, 15) is 14.7 Å². The number of phenolic OH excluding ortho intramolecular Hbond substituents is 1. The summed E-state index contributed by atoms with van der Waals surface area (Å²) in [6.07, 6.45) is -0.490. The number of amides is 2. The van der Waals surface area contributed by atoms with Crippen LogP contribution in [0.25, 0.3) is 0 Å². The van der Waals surface area contributed by atoms with Crippen molar-refractivity contribution in [3.63, 3.8) is 0 Å². The summed E-state index contributed by atoms with van der Waals surface area (Å²) in [4.78, 5) is 23.1. The molecule has 6 nitrogen and oxygen atoms in total. The largest absolute Gasteiger partial charge is 0.506 e. The Labute approximate surface area is 132 Å². The lowest BCUT2D eigenvalue weighted by Gasteiger charge is -2.19. The first-order valence-electron chi connectivity index (χ1n) is 6.42. The quantitative estimate of drug-likeness (QED) is 0.722. The zero-order valence-electron chi connectivity index (χ0n) is 12.2. The maximum atomic E-state index is 11.7. The number of nitrogens with one attached hydrogen (secondary N) is 2. The number of aromatic hydroxyl groups is 1. The van der Waals surface area contributed by atoms with Gasteiger partial charge in [-0.05, 0) is 39.0 Å². The second-order valence-electron chi connectivity index (χ2n) is 5.39. The van der Waals surface area contributed by atoms with Crippen LogP contribution in [0.2, 0.25) is 0 Å². The number of rotatable bonds is 4. The smallest absolute Gasteiger partial charge is 0.407 e. The molecule has 0 bridgehead atoms. The van der Waals surface area contributed by atoms with Crippen LogP contribution in [0.4, 0.5) is 10.5 Å². The van der Waals surface area contributed by atoms with Crippen molar-refractivity contribution in [3.05, 3.63) is 22.7 Å². The van der Waals surface area contributed by atoms with Gasteiger partial charge in [-0.25, -0.2) is 4.79 Å². The van der Waals surface area contributed by atoms with Gasteiger partial charge in [-0.2, -0.15) is 0 Å². The maximum Gasteiger partial charge on any atom is 0.407 e. The van der Waals surface area contributed by atoms with Gasteiger partial charge < -0.3 is 20.5 Å². The molecule has 116 valence electrons. The van der Waals surface area contributed by atoms with Gasteiger partial charge in [0.15, 0.2) is 0 Å². The number of carbonyl (C=O) groups excluding carboxylic acids is 2. The Morgan fingerprint density at radius 1 is 1.33 bits per heavy atom. The van der Waals surface area contributed by atoms with E-state index in [0.29, 0.717) is 10.2 Å². The average molecular weight is 359 g/mol. The summed E-state index contributed by atoms with van der Waals surface area (Å²) in [6, 6.07) is 4.77. The minimum atomic E-state index is -0.574. The number of halogens is 1. The van der Waals surface area contributed by atoms with Crippen molar-refractivity contribution in [1.82, 2.24) is 5.32 Å². The Bertz CT molecular complexity index is 526. The molecule has 21 heavy (non-hydrogen) atoms. The van der Waals surface area contributed by atoms with Crippen molar-refractivity contribution in [2.45, 2.75) is 32.8 Å². The average Bonchev–Trinajstić information content (AvgIpc) is 2.30. The van der Waals surface area contributed by atoms with Gasteiger partial charge in [0.25, 0.3) is 0 Å². The molecule has 0 unspecified atom stereocenters. The van der Waals surface area contributed by atoms with E-state index in [4.69, 9.17) is 4.74 Å². The van der Waals surface area contributed by atoms with Crippen LogP contribution in [0.1, 0.15) is 27.2 Å². The van der Waals surface area contributed by atoms with E-state index >= 15 is 0 Å². The van der Waals surface area contributed by atoms with Crippen LogP contribution in [0.5, 0.6) is 5.75 Å². The van der Waals surface area contributed by atoms with Crippen molar-refractivity contribution in [1.29, 1.82) is 0 Å². The summed E-state index contributed by atoms with van der Waals surface area (Å²) in [5.41, 5.74) is -0.254. The summed E-state index contributed by atoms with van der Waals surface area (Å²) >= 11 is 3.21. The minimum Gasteiger partial charge on any atom is -0.506 e.